The lowest BCUT2D eigenvalue weighted by atomic mass is 10.1. The number of hydrogen-bond donors (Lipinski definition) is 0. The van der Waals surface area contributed by atoms with Gasteiger partial charge in [0.2, 0.25) is 0 Å². The molecule has 1 aliphatic heterocycles. The third-order valence-corrected chi connectivity index (χ3v) is 5.83. The Bertz CT molecular complexity index is 1110. The molecule has 0 saturated carbocycles. The van der Waals surface area contributed by atoms with Crippen molar-refractivity contribution in [1.82, 2.24) is 14.7 Å². The molecule has 0 aliphatic carbocycles. The largest absolute Gasteiger partial charge is 0.370 e. The van der Waals surface area contributed by atoms with Gasteiger partial charge in [0.15, 0.2) is 5.82 Å². The van der Waals surface area contributed by atoms with Crippen molar-refractivity contribution in [3.8, 4) is 5.69 Å². The Labute approximate surface area is 180 Å². The second kappa shape index (κ2) is 8.49. The molecule has 0 radical (unpaired) electrons. The Morgan fingerprint density at radius 2 is 1.68 bits per heavy atom. The van der Waals surface area contributed by atoms with Crippen LogP contribution < -0.4 is 4.90 Å². The number of amides is 1. The molecule has 0 N–H and O–H groups in total. The van der Waals surface area contributed by atoms with E-state index in [1.165, 1.54) is 22.4 Å². The maximum atomic E-state index is 14.3. The molecule has 1 aliphatic rings. The number of aryl methyl sites for hydroxylation is 2. The molecule has 31 heavy (non-hydrogen) atoms. The average Bonchev–Trinajstić information content (AvgIpc) is 2.90. The molecular weight excluding hydrogens is 398 g/mol. The van der Waals surface area contributed by atoms with E-state index in [1.807, 2.05) is 4.90 Å². The molecule has 5 nitrogen and oxygen atoms in total. The van der Waals surface area contributed by atoms with Crippen LogP contribution in [0.3, 0.4) is 0 Å². The summed E-state index contributed by atoms with van der Waals surface area (Å²) in [6.45, 7) is 8.42. The van der Waals surface area contributed by atoms with Crippen LogP contribution in [0.2, 0.25) is 0 Å². The Morgan fingerprint density at radius 3 is 2.39 bits per heavy atom. The molecule has 4 rings (SSSR count). The molecule has 2 aromatic carbocycles. The number of hydrogen-bond acceptors (Lipinski definition) is 3. The summed E-state index contributed by atoms with van der Waals surface area (Å²) in [5, 5.41) is 4.38. The van der Waals surface area contributed by atoms with E-state index in [9.17, 15) is 13.6 Å². The van der Waals surface area contributed by atoms with Gasteiger partial charge in [0, 0.05) is 37.9 Å². The zero-order valence-corrected chi connectivity index (χ0v) is 18.0. The van der Waals surface area contributed by atoms with Crippen molar-refractivity contribution in [2.75, 3.05) is 31.1 Å². The van der Waals surface area contributed by atoms with Gasteiger partial charge in [0.25, 0.3) is 5.91 Å². The number of benzene rings is 2. The predicted octanol–water partition coefficient (Wildman–Crippen LogP) is 4.43. The molecule has 0 bridgehead atoms. The van der Waals surface area contributed by atoms with Crippen molar-refractivity contribution in [1.29, 1.82) is 0 Å². The number of carbonyl (C=O) groups is 1. The van der Waals surface area contributed by atoms with Gasteiger partial charge in [-0.2, -0.15) is 5.10 Å². The lowest BCUT2D eigenvalue weighted by Crippen LogP contribution is -2.35. The molecule has 0 spiro atoms. The molecule has 0 unspecified atom stereocenters. The first-order valence-corrected chi connectivity index (χ1v) is 10.5. The smallest absolute Gasteiger partial charge is 0.257 e. The highest BCUT2D eigenvalue weighted by molar-refractivity contribution is 5.96. The van der Waals surface area contributed by atoms with E-state index in [1.54, 1.807) is 13.8 Å². The molecule has 7 heteroatoms. The van der Waals surface area contributed by atoms with E-state index in [-0.39, 0.29) is 11.6 Å². The van der Waals surface area contributed by atoms with Crippen molar-refractivity contribution >= 4 is 11.6 Å². The van der Waals surface area contributed by atoms with Crippen molar-refractivity contribution < 1.29 is 13.6 Å². The number of aromatic nitrogens is 2. The third kappa shape index (κ3) is 4.17. The van der Waals surface area contributed by atoms with Crippen LogP contribution in [0.15, 0.2) is 42.5 Å². The normalized spacial score (nSPS) is 14.6. The number of rotatable bonds is 3. The predicted molar refractivity (Wildman–Crippen MR) is 117 cm³/mol. The minimum atomic E-state index is -0.715. The van der Waals surface area contributed by atoms with Crippen molar-refractivity contribution in [2.24, 2.45) is 0 Å². The van der Waals surface area contributed by atoms with Gasteiger partial charge in [-0.25, -0.2) is 13.5 Å². The average molecular weight is 424 g/mol. The lowest BCUT2D eigenvalue weighted by Gasteiger charge is -2.24. The van der Waals surface area contributed by atoms with Crippen LogP contribution in [0.25, 0.3) is 5.69 Å². The first-order valence-electron chi connectivity index (χ1n) is 10.5. The summed E-state index contributed by atoms with van der Waals surface area (Å²) >= 11 is 0. The monoisotopic (exact) mass is 424 g/mol. The van der Waals surface area contributed by atoms with Crippen LogP contribution in [0.5, 0.6) is 0 Å². The van der Waals surface area contributed by atoms with Gasteiger partial charge in [0.05, 0.1) is 17.0 Å². The first-order chi connectivity index (χ1) is 14.8. The van der Waals surface area contributed by atoms with Crippen LogP contribution in [0, 0.1) is 32.4 Å². The van der Waals surface area contributed by atoms with E-state index in [0.29, 0.717) is 30.0 Å². The highest BCUT2D eigenvalue weighted by atomic mass is 19.1. The molecule has 162 valence electrons. The van der Waals surface area contributed by atoms with Gasteiger partial charge in [-0.15, -0.1) is 0 Å². The summed E-state index contributed by atoms with van der Waals surface area (Å²) < 4.78 is 29.0. The van der Waals surface area contributed by atoms with Gasteiger partial charge in [-0.05, 0) is 51.5 Å². The van der Waals surface area contributed by atoms with Gasteiger partial charge in [0.1, 0.15) is 11.5 Å². The fourth-order valence-electron chi connectivity index (χ4n) is 4.13. The van der Waals surface area contributed by atoms with Crippen molar-refractivity contribution in [2.45, 2.75) is 27.2 Å². The highest BCUT2D eigenvalue weighted by Crippen LogP contribution is 2.23. The van der Waals surface area contributed by atoms with Gasteiger partial charge in [-0.3, -0.25) is 4.79 Å². The molecule has 1 saturated heterocycles. The maximum absolute atomic E-state index is 14.3. The van der Waals surface area contributed by atoms with E-state index in [4.69, 9.17) is 0 Å². The second-order valence-corrected chi connectivity index (χ2v) is 8.02. The zero-order chi connectivity index (χ0) is 22.1. The van der Waals surface area contributed by atoms with E-state index in [0.717, 1.165) is 31.3 Å². The Hall–Kier alpha value is -3.22. The number of carbonyl (C=O) groups excluding carboxylic acids is 1. The molecule has 1 amide bonds. The number of halogens is 2. The second-order valence-electron chi connectivity index (χ2n) is 8.02. The Morgan fingerprint density at radius 1 is 0.935 bits per heavy atom. The van der Waals surface area contributed by atoms with E-state index < -0.39 is 11.6 Å². The number of nitrogens with zero attached hydrogens (tertiary/aromatic N) is 4. The molecular formula is C24H26F2N4O. The molecule has 3 aromatic rings. The minimum absolute atomic E-state index is 0.102. The van der Waals surface area contributed by atoms with Crippen molar-refractivity contribution in [3.05, 3.63) is 76.6 Å². The first kappa shape index (κ1) is 21.0. The van der Waals surface area contributed by atoms with Gasteiger partial charge < -0.3 is 9.80 Å². The van der Waals surface area contributed by atoms with Gasteiger partial charge >= 0.3 is 0 Å². The van der Waals surface area contributed by atoms with E-state index >= 15 is 0 Å². The van der Waals surface area contributed by atoms with E-state index in [2.05, 4.69) is 41.2 Å². The number of anilines is 1. The van der Waals surface area contributed by atoms with Gasteiger partial charge in [-0.1, -0.05) is 17.7 Å². The molecule has 1 fully saturated rings. The molecule has 0 atom stereocenters. The summed E-state index contributed by atoms with van der Waals surface area (Å²) in [7, 11) is 0. The summed E-state index contributed by atoms with van der Waals surface area (Å²) in [5.74, 6) is -1.47. The third-order valence-electron chi connectivity index (χ3n) is 5.83. The SMILES string of the molecule is Cc1ccc(N2CCCN(C(=O)c3c(C)nn(-c4ccc(F)cc4F)c3C)CC2)cc1. The van der Waals surface area contributed by atoms with Crippen molar-refractivity contribution in [3.63, 3.8) is 0 Å². The van der Waals surface area contributed by atoms with Crippen LogP contribution >= 0.6 is 0 Å². The van der Waals surface area contributed by atoms with Crippen LogP contribution in [0.1, 0.15) is 33.7 Å². The quantitative estimate of drug-likeness (QED) is 0.625. The topological polar surface area (TPSA) is 41.4 Å². The zero-order valence-electron chi connectivity index (χ0n) is 18.0. The Balaban J connectivity index is 1.56. The van der Waals surface area contributed by atoms with Crippen LogP contribution in [-0.4, -0.2) is 46.8 Å². The summed E-state index contributed by atoms with van der Waals surface area (Å²) in [5.41, 5.74) is 4.07. The molecule has 1 aromatic heterocycles. The fourth-order valence-corrected chi connectivity index (χ4v) is 4.13. The molecule has 2 heterocycles. The maximum Gasteiger partial charge on any atom is 0.257 e. The lowest BCUT2D eigenvalue weighted by molar-refractivity contribution is 0.0765. The Kier molecular flexibility index (Phi) is 5.76. The van der Waals surface area contributed by atoms with Crippen LogP contribution in [0.4, 0.5) is 14.5 Å². The standard InChI is InChI=1S/C24H26F2N4O/c1-16-5-8-20(9-6-16)28-11-4-12-29(14-13-28)24(31)23-17(2)27-30(18(23)3)22-10-7-19(25)15-21(22)26/h5-10,15H,4,11-14H2,1-3H3. The highest BCUT2D eigenvalue weighted by Gasteiger charge is 2.27. The summed E-state index contributed by atoms with van der Waals surface area (Å²) in [6, 6.07) is 11.8. The summed E-state index contributed by atoms with van der Waals surface area (Å²) in [6.07, 6.45) is 0.860. The fraction of sp³-hybridized carbons (Fsp3) is 0.333. The minimum Gasteiger partial charge on any atom is -0.370 e. The summed E-state index contributed by atoms with van der Waals surface area (Å²) in [4.78, 5) is 17.5. The van der Waals surface area contributed by atoms with Crippen LogP contribution in [-0.2, 0) is 0 Å².